The summed E-state index contributed by atoms with van der Waals surface area (Å²) in [7, 11) is 0. The number of hydrogen-bond acceptors (Lipinski definition) is 2. The third-order valence-electron chi connectivity index (χ3n) is 3.88. The van der Waals surface area contributed by atoms with Crippen molar-refractivity contribution < 1.29 is 4.79 Å². The van der Waals surface area contributed by atoms with Gasteiger partial charge in [-0.05, 0) is 43.0 Å². The molecule has 1 aromatic carbocycles. The largest absolute Gasteiger partial charge is 0.337 e. The monoisotopic (exact) mass is 274 g/mol. The Morgan fingerprint density at radius 1 is 1.25 bits per heavy atom. The zero-order valence-electron chi connectivity index (χ0n) is 13.1. The molecule has 0 spiro atoms. The van der Waals surface area contributed by atoms with Crippen LogP contribution in [-0.2, 0) is 5.41 Å². The van der Waals surface area contributed by atoms with Crippen LogP contribution in [0, 0.1) is 0 Å². The van der Waals surface area contributed by atoms with Gasteiger partial charge in [-0.15, -0.1) is 0 Å². The molecule has 1 heterocycles. The zero-order chi connectivity index (χ0) is 14.8. The number of nitrogens with one attached hydrogen (secondary N) is 1. The molecule has 1 saturated heterocycles. The highest BCUT2D eigenvalue weighted by atomic mass is 16.2. The second-order valence-electron chi connectivity index (χ2n) is 6.79. The SMILES string of the molecule is CC1CN(C(=O)c2ccc(C(C)(C)C)cc2)CCCN1. The second-order valence-corrected chi connectivity index (χ2v) is 6.79. The number of carbonyl (C=O) groups is 1. The molecule has 1 aliphatic heterocycles. The molecule has 0 aromatic heterocycles. The lowest BCUT2D eigenvalue weighted by Gasteiger charge is -2.23. The fourth-order valence-corrected chi connectivity index (χ4v) is 2.58. The van der Waals surface area contributed by atoms with Crippen molar-refractivity contribution in [3.63, 3.8) is 0 Å². The molecule has 3 nitrogen and oxygen atoms in total. The maximum absolute atomic E-state index is 12.6. The Morgan fingerprint density at radius 2 is 1.90 bits per heavy atom. The molecule has 3 heteroatoms. The van der Waals surface area contributed by atoms with E-state index in [9.17, 15) is 4.79 Å². The van der Waals surface area contributed by atoms with Gasteiger partial charge in [-0.3, -0.25) is 4.79 Å². The van der Waals surface area contributed by atoms with E-state index in [-0.39, 0.29) is 11.3 Å². The second kappa shape index (κ2) is 5.96. The summed E-state index contributed by atoms with van der Waals surface area (Å²) in [4.78, 5) is 14.5. The summed E-state index contributed by atoms with van der Waals surface area (Å²) in [5, 5.41) is 3.42. The molecule has 1 unspecified atom stereocenters. The molecule has 2 rings (SSSR count). The Labute approximate surface area is 122 Å². The Balaban J connectivity index is 2.12. The van der Waals surface area contributed by atoms with Crippen molar-refractivity contribution in [1.29, 1.82) is 0 Å². The minimum Gasteiger partial charge on any atom is -0.337 e. The van der Waals surface area contributed by atoms with Crippen molar-refractivity contribution >= 4 is 5.91 Å². The number of hydrogen-bond donors (Lipinski definition) is 1. The van der Waals surface area contributed by atoms with E-state index in [1.54, 1.807) is 0 Å². The minimum absolute atomic E-state index is 0.128. The van der Waals surface area contributed by atoms with Crippen molar-refractivity contribution in [2.24, 2.45) is 0 Å². The summed E-state index contributed by atoms with van der Waals surface area (Å²) in [6, 6.07) is 8.45. The van der Waals surface area contributed by atoms with Gasteiger partial charge in [0, 0.05) is 24.7 Å². The molecule has 0 saturated carbocycles. The number of carbonyl (C=O) groups excluding carboxylic acids is 1. The van der Waals surface area contributed by atoms with Gasteiger partial charge in [-0.25, -0.2) is 0 Å². The summed E-state index contributed by atoms with van der Waals surface area (Å²) in [5.41, 5.74) is 2.19. The quantitative estimate of drug-likeness (QED) is 0.854. The van der Waals surface area contributed by atoms with Crippen molar-refractivity contribution in [3.05, 3.63) is 35.4 Å². The van der Waals surface area contributed by atoms with Crippen molar-refractivity contribution in [2.75, 3.05) is 19.6 Å². The highest BCUT2D eigenvalue weighted by Crippen LogP contribution is 2.22. The van der Waals surface area contributed by atoms with Crippen LogP contribution in [0.25, 0.3) is 0 Å². The first-order valence-electron chi connectivity index (χ1n) is 7.51. The molecule has 20 heavy (non-hydrogen) atoms. The third kappa shape index (κ3) is 3.60. The smallest absolute Gasteiger partial charge is 0.253 e. The predicted molar refractivity (Wildman–Crippen MR) is 83.1 cm³/mol. The Hall–Kier alpha value is -1.35. The van der Waals surface area contributed by atoms with E-state index >= 15 is 0 Å². The maximum atomic E-state index is 12.6. The fraction of sp³-hybridized carbons (Fsp3) is 0.588. The van der Waals surface area contributed by atoms with Crippen LogP contribution < -0.4 is 5.32 Å². The van der Waals surface area contributed by atoms with Crippen LogP contribution in [0.1, 0.15) is 50.0 Å². The molecule has 1 atom stereocenters. The summed E-state index contributed by atoms with van der Waals surface area (Å²) in [5.74, 6) is 0.154. The molecule has 1 amide bonds. The van der Waals surface area contributed by atoms with Gasteiger partial charge < -0.3 is 10.2 Å². The van der Waals surface area contributed by atoms with E-state index in [2.05, 4.69) is 45.1 Å². The van der Waals surface area contributed by atoms with Gasteiger partial charge in [0.1, 0.15) is 0 Å². The number of amides is 1. The van der Waals surface area contributed by atoms with Crippen LogP contribution in [0.5, 0.6) is 0 Å². The van der Waals surface area contributed by atoms with E-state index < -0.39 is 0 Å². The van der Waals surface area contributed by atoms with E-state index in [1.807, 2.05) is 17.0 Å². The van der Waals surface area contributed by atoms with Crippen LogP contribution in [-0.4, -0.2) is 36.5 Å². The lowest BCUT2D eigenvalue weighted by atomic mass is 9.86. The highest BCUT2D eigenvalue weighted by Gasteiger charge is 2.21. The minimum atomic E-state index is 0.128. The molecule has 0 radical (unpaired) electrons. The van der Waals surface area contributed by atoms with E-state index in [0.29, 0.717) is 6.04 Å². The molecule has 1 aromatic rings. The van der Waals surface area contributed by atoms with Gasteiger partial charge in [0.25, 0.3) is 5.91 Å². The molecular weight excluding hydrogens is 248 g/mol. The van der Waals surface area contributed by atoms with E-state index in [4.69, 9.17) is 0 Å². The standard InChI is InChI=1S/C17H26N2O/c1-13-12-19(11-5-10-18-13)16(20)14-6-8-15(9-7-14)17(2,3)4/h6-9,13,18H,5,10-12H2,1-4H3. The van der Waals surface area contributed by atoms with E-state index in [0.717, 1.165) is 31.6 Å². The number of rotatable bonds is 1. The molecule has 110 valence electrons. The Morgan fingerprint density at radius 3 is 2.50 bits per heavy atom. The zero-order valence-corrected chi connectivity index (χ0v) is 13.1. The van der Waals surface area contributed by atoms with Crippen LogP contribution in [0.2, 0.25) is 0 Å². The van der Waals surface area contributed by atoms with Gasteiger partial charge >= 0.3 is 0 Å². The van der Waals surface area contributed by atoms with Crippen LogP contribution in [0.4, 0.5) is 0 Å². The summed E-state index contributed by atoms with van der Waals surface area (Å²) < 4.78 is 0. The normalized spacial score (nSPS) is 20.6. The third-order valence-corrected chi connectivity index (χ3v) is 3.88. The Bertz CT molecular complexity index is 459. The van der Waals surface area contributed by atoms with Gasteiger partial charge in [-0.1, -0.05) is 32.9 Å². The number of nitrogens with zero attached hydrogens (tertiary/aromatic N) is 1. The predicted octanol–water partition coefficient (Wildman–Crippen LogP) is 2.81. The molecule has 0 aliphatic carbocycles. The van der Waals surface area contributed by atoms with Gasteiger partial charge in [-0.2, -0.15) is 0 Å². The van der Waals surface area contributed by atoms with Gasteiger partial charge in [0.05, 0.1) is 0 Å². The van der Waals surface area contributed by atoms with Crippen LogP contribution in [0.15, 0.2) is 24.3 Å². The number of benzene rings is 1. The molecule has 1 N–H and O–H groups in total. The van der Waals surface area contributed by atoms with Crippen molar-refractivity contribution in [1.82, 2.24) is 10.2 Å². The van der Waals surface area contributed by atoms with Crippen molar-refractivity contribution in [3.8, 4) is 0 Å². The molecule has 1 aliphatic rings. The lowest BCUT2D eigenvalue weighted by Crippen LogP contribution is -2.38. The topological polar surface area (TPSA) is 32.3 Å². The molecule has 0 bridgehead atoms. The van der Waals surface area contributed by atoms with Gasteiger partial charge in [0.2, 0.25) is 0 Å². The van der Waals surface area contributed by atoms with Gasteiger partial charge in [0.15, 0.2) is 0 Å². The first-order chi connectivity index (χ1) is 9.38. The average molecular weight is 274 g/mol. The van der Waals surface area contributed by atoms with Crippen LogP contribution in [0.3, 0.4) is 0 Å². The van der Waals surface area contributed by atoms with Crippen molar-refractivity contribution in [2.45, 2.75) is 45.6 Å². The Kier molecular flexibility index (Phi) is 4.48. The first-order valence-corrected chi connectivity index (χ1v) is 7.51. The first kappa shape index (κ1) is 15.0. The summed E-state index contributed by atoms with van der Waals surface area (Å²) >= 11 is 0. The van der Waals surface area contributed by atoms with E-state index in [1.165, 1.54) is 5.56 Å². The fourth-order valence-electron chi connectivity index (χ4n) is 2.58. The highest BCUT2D eigenvalue weighted by molar-refractivity contribution is 5.94. The maximum Gasteiger partial charge on any atom is 0.253 e. The molecular formula is C17H26N2O. The summed E-state index contributed by atoms with van der Waals surface area (Å²) in [6.45, 7) is 11.3. The summed E-state index contributed by atoms with van der Waals surface area (Å²) in [6.07, 6.45) is 1.02. The average Bonchev–Trinajstić information content (AvgIpc) is 2.62. The van der Waals surface area contributed by atoms with Crippen LogP contribution >= 0.6 is 0 Å². The lowest BCUT2D eigenvalue weighted by molar-refractivity contribution is 0.0755. The molecule has 1 fully saturated rings.